The van der Waals surface area contributed by atoms with Gasteiger partial charge in [0.05, 0.1) is 9.79 Å². The summed E-state index contributed by atoms with van der Waals surface area (Å²) in [5.74, 6) is 0.703. The zero-order valence-electron chi connectivity index (χ0n) is 14.5. The van der Waals surface area contributed by atoms with E-state index in [1.54, 1.807) is 4.31 Å². The molecule has 0 bridgehead atoms. The van der Waals surface area contributed by atoms with Gasteiger partial charge in [0.15, 0.2) is 0 Å². The predicted octanol–water partition coefficient (Wildman–Crippen LogP) is 2.46. The SMILES string of the molecule is CCC1CCC(N(C2CC2)S(=O)(=O)c2ccc(S(N)(=O)=O)cc2)CC1. The summed E-state index contributed by atoms with van der Waals surface area (Å²) >= 11 is 0. The molecule has 2 aliphatic carbocycles. The first kappa shape index (κ1) is 18.8. The van der Waals surface area contributed by atoms with Gasteiger partial charge < -0.3 is 0 Å². The van der Waals surface area contributed by atoms with E-state index in [4.69, 9.17) is 5.14 Å². The summed E-state index contributed by atoms with van der Waals surface area (Å²) in [6.07, 6.45) is 6.92. The summed E-state index contributed by atoms with van der Waals surface area (Å²) in [7, 11) is -7.45. The maximum absolute atomic E-state index is 13.2. The highest BCUT2D eigenvalue weighted by molar-refractivity contribution is 7.89. The van der Waals surface area contributed by atoms with Crippen molar-refractivity contribution in [2.24, 2.45) is 11.1 Å². The average molecular weight is 387 g/mol. The smallest absolute Gasteiger partial charge is 0.225 e. The number of benzene rings is 1. The summed E-state index contributed by atoms with van der Waals surface area (Å²) in [6, 6.07) is 5.37. The van der Waals surface area contributed by atoms with E-state index in [9.17, 15) is 16.8 Å². The number of nitrogens with two attached hydrogens (primary N) is 1. The lowest BCUT2D eigenvalue weighted by Crippen LogP contribution is -2.43. The Morgan fingerprint density at radius 2 is 1.32 bits per heavy atom. The molecule has 140 valence electrons. The Kier molecular flexibility index (Phi) is 5.26. The highest BCUT2D eigenvalue weighted by Crippen LogP contribution is 2.39. The normalized spacial score (nSPS) is 25.2. The number of hydrogen-bond donors (Lipinski definition) is 1. The van der Waals surface area contributed by atoms with Crippen LogP contribution in [0.4, 0.5) is 0 Å². The van der Waals surface area contributed by atoms with Crippen molar-refractivity contribution < 1.29 is 16.8 Å². The van der Waals surface area contributed by atoms with Gasteiger partial charge in [-0.25, -0.2) is 22.0 Å². The average Bonchev–Trinajstić information content (AvgIpc) is 3.39. The Morgan fingerprint density at radius 1 is 0.880 bits per heavy atom. The molecule has 0 atom stereocenters. The topological polar surface area (TPSA) is 97.5 Å². The molecule has 2 N–H and O–H groups in total. The zero-order chi connectivity index (χ0) is 18.2. The van der Waals surface area contributed by atoms with Crippen LogP contribution in [0.15, 0.2) is 34.1 Å². The third kappa shape index (κ3) is 4.07. The van der Waals surface area contributed by atoms with Crippen LogP contribution in [0.25, 0.3) is 0 Å². The van der Waals surface area contributed by atoms with Crippen molar-refractivity contribution in [2.45, 2.75) is 73.7 Å². The molecule has 0 aliphatic heterocycles. The van der Waals surface area contributed by atoms with Crippen molar-refractivity contribution in [1.82, 2.24) is 4.31 Å². The van der Waals surface area contributed by atoms with Gasteiger partial charge in [-0.3, -0.25) is 0 Å². The number of nitrogens with zero attached hydrogens (tertiary/aromatic N) is 1. The molecule has 0 amide bonds. The Balaban J connectivity index is 1.85. The third-order valence-corrected chi connectivity index (χ3v) is 8.34. The molecule has 3 rings (SSSR count). The lowest BCUT2D eigenvalue weighted by Gasteiger charge is -2.36. The molecule has 1 aromatic carbocycles. The Morgan fingerprint density at radius 3 is 1.72 bits per heavy atom. The second-order valence-electron chi connectivity index (χ2n) is 7.17. The largest absolute Gasteiger partial charge is 0.243 e. The van der Waals surface area contributed by atoms with Crippen LogP contribution in [-0.2, 0) is 20.0 Å². The molecule has 2 aliphatic rings. The molecule has 0 saturated heterocycles. The van der Waals surface area contributed by atoms with E-state index in [2.05, 4.69) is 6.92 Å². The van der Waals surface area contributed by atoms with Gasteiger partial charge in [0.25, 0.3) is 0 Å². The first-order chi connectivity index (χ1) is 11.7. The second-order valence-corrected chi connectivity index (χ2v) is 10.6. The van der Waals surface area contributed by atoms with E-state index in [0.717, 1.165) is 44.9 Å². The summed E-state index contributed by atoms with van der Waals surface area (Å²) in [5.41, 5.74) is 0. The minimum absolute atomic E-state index is 0.0539. The van der Waals surface area contributed by atoms with Gasteiger partial charge in [-0.05, 0) is 68.7 Å². The van der Waals surface area contributed by atoms with Crippen LogP contribution in [0, 0.1) is 5.92 Å². The second kappa shape index (κ2) is 6.98. The summed E-state index contributed by atoms with van der Waals surface area (Å²) in [4.78, 5) is 0.0669. The summed E-state index contributed by atoms with van der Waals surface area (Å²) in [6.45, 7) is 2.19. The minimum Gasteiger partial charge on any atom is -0.225 e. The van der Waals surface area contributed by atoms with Gasteiger partial charge in [0.1, 0.15) is 0 Å². The quantitative estimate of drug-likeness (QED) is 0.812. The molecule has 0 unspecified atom stereocenters. The lowest BCUT2D eigenvalue weighted by molar-refractivity contribution is 0.206. The van der Waals surface area contributed by atoms with Crippen molar-refractivity contribution in [2.75, 3.05) is 0 Å². The molecule has 25 heavy (non-hydrogen) atoms. The van der Waals surface area contributed by atoms with Gasteiger partial charge in [-0.15, -0.1) is 0 Å². The van der Waals surface area contributed by atoms with Gasteiger partial charge in [-0.1, -0.05) is 13.3 Å². The van der Waals surface area contributed by atoms with Crippen molar-refractivity contribution in [3.63, 3.8) is 0 Å². The summed E-state index contributed by atoms with van der Waals surface area (Å²) < 4.78 is 50.8. The first-order valence-corrected chi connectivity index (χ1v) is 11.9. The lowest BCUT2D eigenvalue weighted by atomic mass is 9.84. The van der Waals surface area contributed by atoms with E-state index < -0.39 is 20.0 Å². The maximum Gasteiger partial charge on any atom is 0.243 e. The number of rotatable bonds is 6. The highest BCUT2D eigenvalue weighted by Gasteiger charge is 2.43. The third-order valence-electron chi connectivity index (χ3n) is 5.39. The van der Waals surface area contributed by atoms with E-state index in [-0.39, 0.29) is 21.9 Å². The molecule has 2 fully saturated rings. The first-order valence-electron chi connectivity index (χ1n) is 8.90. The molecule has 0 radical (unpaired) electrons. The summed E-state index contributed by atoms with van der Waals surface area (Å²) in [5, 5.41) is 5.09. The van der Waals surface area contributed by atoms with E-state index in [1.165, 1.54) is 24.3 Å². The van der Waals surface area contributed by atoms with Crippen LogP contribution in [0.2, 0.25) is 0 Å². The zero-order valence-corrected chi connectivity index (χ0v) is 16.1. The van der Waals surface area contributed by atoms with Gasteiger partial charge >= 0.3 is 0 Å². The van der Waals surface area contributed by atoms with Gasteiger partial charge in [-0.2, -0.15) is 4.31 Å². The molecule has 0 spiro atoms. The molecule has 6 nitrogen and oxygen atoms in total. The Bertz CT molecular complexity index is 807. The van der Waals surface area contributed by atoms with Crippen molar-refractivity contribution in [3.05, 3.63) is 24.3 Å². The van der Waals surface area contributed by atoms with Crippen LogP contribution in [0.5, 0.6) is 0 Å². The fourth-order valence-electron chi connectivity index (χ4n) is 3.75. The van der Waals surface area contributed by atoms with E-state index in [0.29, 0.717) is 5.92 Å². The van der Waals surface area contributed by atoms with Gasteiger partial charge in [0, 0.05) is 12.1 Å². The molecule has 0 heterocycles. The Labute approximate surface area is 150 Å². The molecule has 8 heteroatoms. The van der Waals surface area contributed by atoms with Crippen LogP contribution in [-0.4, -0.2) is 33.2 Å². The Hall–Kier alpha value is -0.960. The van der Waals surface area contributed by atoms with Crippen LogP contribution < -0.4 is 5.14 Å². The fourth-order valence-corrected chi connectivity index (χ4v) is 6.20. The highest BCUT2D eigenvalue weighted by atomic mass is 32.2. The fraction of sp³-hybridized carbons (Fsp3) is 0.647. The molecular formula is C17H26N2O4S2. The number of primary sulfonamides is 1. The van der Waals surface area contributed by atoms with Crippen molar-refractivity contribution >= 4 is 20.0 Å². The standard InChI is InChI=1S/C17H26N2O4S2/c1-2-13-3-5-14(6-4-13)19(15-7-8-15)25(22,23)17-11-9-16(10-12-17)24(18,20)21/h9-15H,2-8H2,1H3,(H2,18,20,21). The molecule has 0 aromatic heterocycles. The molecular weight excluding hydrogens is 360 g/mol. The van der Waals surface area contributed by atoms with Gasteiger partial charge in [0.2, 0.25) is 20.0 Å². The van der Waals surface area contributed by atoms with Crippen LogP contribution >= 0.6 is 0 Å². The van der Waals surface area contributed by atoms with E-state index >= 15 is 0 Å². The van der Waals surface area contributed by atoms with Crippen LogP contribution in [0.3, 0.4) is 0 Å². The number of hydrogen-bond acceptors (Lipinski definition) is 4. The maximum atomic E-state index is 13.2. The van der Waals surface area contributed by atoms with Crippen molar-refractivity contribution in [3.8, 4) is 0 Å². The monoisotopic (exact) mass is 386 g/mol. The van der Waals surface area contributed by atoms with Crippen molar-refractivity contribution in [1.29, 1.82) is 0 Å². The molecule has 1 aromatic rings. The predicted molar refractivity (Wildman–Crippen MR) is 95.9 cm³/mol. The molecule has 2 saturated carbocycles. The van der Waals surface area contributed by atoms with E-state index in [1.807, 2.05) is 0 Å². The number of sulfonamides is 2. The minimum atomic E-state index is -3.83. The van der Waals surface area contributed by atoms with Crippen LogP contribution in [0.1, 0.15) is 51.9 Å².